The number of nitrogens with two attached hydrogens (primary N) is 1. The van der Waals surface area contributed by atoms with Crippen LogP contribution in [0.5, 0.6) is 0 Å². The van der Waals surface area contributed by atoms with Crippen molar-refractivity contribution in [3.63, 3.8) is 0 Å². The molecule has 1 atom stereocenters. The number of aliphatic hydroxyl groups excluding tert-OH is 1. The lowest BCUT2D eigenvalue weighted by molar-refractivity contribution is -0.126. The first-order valence-electron chi connectivity index (χ1n) is 3.64. The van der Waals surface area contributed by atoms with E-state index in [2.05, 4.69) is 4.98 Å². The zero-order chi connectivity index (χ0) is 9.14. The van der Waals surface area contributed by atoms with Gasteiger partial charge in [-0.1, -0.05) is 0 Å². The van der Waals surface area contributed by atoms with Crippen molar-refractivity contribution in [1.29, 1.82) is 0 Å². The minimum atomic E-state index is -1.26. The smallest absolute Gasteiger partial charge is 0.252 e. The SMILES string of the molecule is CCn1cncc1C(O)C(N)=O. The van der Waals surface area contributed by atoms with E-state index in [1.165, 1.54) is 6.20 Å². The summed E-state index contributed by atoms with van der Waals surface area (Å²) in [6.45, 7) is 2.54. The average Bonchev–Trinajstić information content (AvgIpc) is 2.49. The number of primary amides is 1. The number of imidazole rings is 1. The van der Waals surface area contributed by atoms with Gasteiger partial charge >= 0.3 is 0 Å². The van der Waals surface area contributed by atoms with Crippen molar-refractivity contribution >= 4 is 5.91 Å². The molecular formula is C7H11N3O2. The third-order valence-electron chi connectivity index (χ3n) is 1.63. The van der Waals surface area contributed by atoms with Gasteiger partial charge in [0, 0.05) is 6.54 Å². The fourth-order valence-corrected chi connectivity index (χ4v) is 0.969. The van der Waals surface area contributed by atoms with Crippen LogP contribution in [0, 0.1) is 0 Å². The summed E-state index contributed by atoms with van der Waals surface area (Å²) in [5, 5.41) is 9.26. The van der Waals surface area contributed by atoms with E-state index in [0.717, 1.165) is 0 Å². The first kappa shape index (κ1) is 8.73. The molecule has 66 valence electrons. The van der Waals surface area contributed by atoms with Gasteiger partial charge in [-0.3, -0.25) is 4.79 Å². The minimum Gasteiger partial charge on any atom is -0.377 e. The molecule has 3 N–H and O–H groups in total. The summed E-state index contributed by atoms with van der Waals surface area (Å²) in [6.07, 6.45) is 1.72. The largest absolute Gasteiger partial charge is 0.377 e. The number of amides is 1. The summed E-state index contributed by atoms with van der Waals surface area (Å²) in [5.74, 6) is -0.759. The van der Waals surface area contributed by atoms with Crippen molar-refractivity contribution < 1.29 is 9.90 Å². The maximum Gasteiger partial charge on any atom is 0.252 e. The van der Waals surface area contributed by atoms with Gasteiger partial charge in [0.2, 0.25) is 0 Å². The van der Waals surface area contributed by atoms with Gasteiger partial charge in [-0.05, 0) is 6.92 Å². The number of carbonyl (C=O) groups excluding carboxylic acids is 1. The molecule has 0 fully saturated rings. The molecule has 1 unspecified atom stereocenters. The van der Waals surface area contributed by atoms with E-state index in [1.807, 2.05) is 6.92 Å². The monoisotopic (exact) mass is 169 g/mol. The van der Waals surface area contributed by atoms with Crippen LogP contribution in [0.1, 0.15) is 18.7 Å². The van der Waals surface area contributed by atoms with Crippen LogP contribution in [0.3, 0.4) is 0 Å². The Hall–Kier alpha value is -1.36. The molecule has 0 saturated heterocycles. The third-order valence-corrected chi connectivity index (χ3v) is 1.63. The Morgan fingerprint density at radius 3 is 3.08 bits per heavy atom. The highest BCUT2D eigenvalue weighted by Crippen LogP contribution is 2.10. The van der Waals surface area contributed by atoms with Crippen molar-refractivity contribution in [2.24, 2.45) is 5.73 Å². The molecule has 12 heavy (non-hydrogen) atoms. The molecule has 1 heterocycles. The summed E-state index contributed by atoms with van der Waals surface area (Å²) in [7, 11) is 0. The summed E-state index contributed by atoms with van der Waals surface area (Å²) in [5.41, 5.74) is 5.36. The van der Waals surface area contributed by atoms with Gasteiger partial charge < -0.3 is 15.4 Å². The fourth-order valence-electron chi connectivity index (χ4n) is 0.969. The first-order valence-corrected chi connectivity index (χ1v) is 3.64. The number of hydrogen-bond donors (Lipinski definition) is 2. The lowest BCUT2D eigenvalue weighted by Crippen LogP contribution is -2.23. The van der Waals surface area contributed by atoms with Gasteiger partial charge in [-0.25, -0.2) is 4.98 Å². The zero-order valence-corrected chi connectivity index (χ0v) is 6.77. The number of rotatable bonds is 3. The molecule has 0 aliphatic heterocycles. The van der Waals surface area contributed by atoms with E-state index < -0.39 is 12.0 Å². The Labute approximate surface area is 69.8 Å². The number of aromatic nitrogens is 2. The van der Waals surface area contributed by atoms with Gasteiger partial charge in [0.1, 0.15) is 0 Å². The molecule has 0 saturated carbocycles. The summed E-state index contributed by atoms with van der Waals surface area (Å²) in [4.78, 5) is 14.4. The van der Waals surface area contributed by atoms with Gasteiger partial charge in [0.15, 0.2) is 6.10 Å². The van der Waals surface area contributed by atoms with Crippen molar-refractivity contribution in [1.82, 2.24) is 9.55 Å². The molecule has 5 heteroatoms. The van der Waals surface area contributed by atoms with Crippen LogP contribution in [-0.2, 0) is 11.3 Å². The number of hydrogen-bond acceptors (Lipinski definition) is 3. The van der Waals surface area contributed by atoms with Crippen LogP contribution in [-0.4, -0.2) is 20.6 Å². The Bertz CT molecular complexity index is 282. The first-order chi connectivity index (χ1) is 5.66. The van der Waals surface area contributed by atoms with Gasteiger partial charge in [0.05, 0.1) is 18.2 Å². The molecule has 0 aliphatic carbocycles. The van der Waals surface area contributed by atoms with E-state index in [0.29, 0.717) is 12.2 Å². The lowest BCUT2D eigenvalue weighted by Gasteiger charge is -2.08. The molecule has 0 radical (unpaired) electrons. The number of aliphatic hydroxyl groups is 1. The summed E-state index contributed by atoms with van der Waals surface area (Å²) in [6, 6.07) is 0. The predicted molar refractivity (Wildman–Crippen MR) is 42.1 cm³/mol. The number of aryl methyl sites for hydroxylation is 1. The van der Waals surface area contributed by atoms with E-state index in [4.69, 9.17) is 5.73 Å². The highest BCUT2D eigenvalue weighted by molar-refractivity contribution is 5.79. The van der Waals surface area contributed by atoms with E-state index in [-0.39, 0.29) is 0 Å². The molecule has 0 spiro atoms. The Balaban J connectivity index is 2.93. The topological polar surface area (TPSA) is 81.1 Å². The fraction of sp³-hybridized carbons (Fsp3) is 0.429. The average molecular weight is 169 g/mol. The minimum absolute atomic E-state index is 0.435. The normalized spacial score (nSPS) is 12.8. The van der Waals surface area contributed by atoms with Crippen LogP contribution in [0.4, 0.5) is 0 Å². The van der Waals surface area contributed by atoms with Crippen LogP contribution in [0.25, 0.3) is 0 Å². The molecule has 5 nitrogen and oxygen atoms in total. The molecule has 1 amide bonds. The molecule has 0 aromatic carbocycles. The van der Waals surface area contributed by atoms with Gasteiger partial charge in [0.25, 0.3) is 5.91 Å². The van der Waals surface area contributed by atoms with Crippen molar-refractivity contribution in [2.45, 2.75) is 19.6 Å². The van der Waals surface area contributed by atoms with Crippen LogP contribution >= 0.6 is 0 Å². The predicted octanol–water partition coefficient (Wildman–Crippen LogP) is -0.578. The highest BCUT2D eigenvalue weighted by Gasteiger charge is 2.17. The number of nitrogens with zero attached hydrogens (tertiary/aromatic N) is 2. The highest BCUT2D eigenvalue weighted by atomic mass is 16.3. The molecule has 1 rings (SSSR count). The second-order valence-corrected chi connectivity index (χ2v) is 2.41. The van der Waals surface area contributed by atoms with Gasteiger partial charge in [-0.15, -0.1) is 0 Å². The lowest BCUT2D eigenvalue weighted by atomic mass is 10.2. The van der Waals surface area contributed by atoms with E-state index >= 15 is 0 Å². The van der Waals surface area contributed by atoms with E-state index in [9.17, 15) is 9.90 Å². The third kappa shape index (κ3) is 1.45. The molecular weight excluding hydrogens is 158 g/mol. The standard InChI is InChI=1S/C7H11N3O2/c1-2-10-4-9-3-5(10)6(11)7(8)12/h3-4,6,11H,2H2,1H3,(H2,8,12). The van der Waals surface area contributed by atoms with E-state index in [1.54, 1.807) is 10.9 Å². The second kappa shape index (κ2) is 3.36. The molecule has 1 aromatic heterocycles. The van der Waals surface area contributed by atoms with Crippen LogP contribution in [0.2, 0.25) is 0 Å². The zero-order valence-electron chi connectivity index (χ0n) is 6.77. The summed E-state index contributed by atoms with van der Waals surface area (Å²) < 4.78 is 1.66. The quantitative estimate of drug-likeness (QED) is 0.635. The maximum absolute atomic E-state index is 10.6. The Kier molecular flexibility index (Phi) is 2.44. The van der Waals surface area contributed by atoms with Crippen molar-refractivity contribution in [3.8, 4) is 0 Å². The number of carbonyl (C=O) groups is 1. The summed E-state index contributed by atoms with van der Waals surface area (Å²) >= 11 is 0. The van der Waals surface area contributed by atoms with Crippen LogP contribution in [0.15, 0.2) is 12.5 Å². The second-order valence-electron chi connectivity index (χ2n) is 2.41. The molecule has 0 aliphatic rings. The maximum atomic E-state index is 10.6. The molecule has 1 aromatic rings. The molecule has 0 bridgehead atoms. The van der Waals surface area contributed by atoms with Crippen LogP contribution < -0.4 is 5.73 Å². The Morgan fingerprint density at radius 1 is 1.92 bits per heavy atom. The van der Waals surface area contributed by atoms with Gasteiger partial charge in [-0.2, -0.15) is 0 Å². The van der Waals surface area contributed by atoms with Crippen molar-refractivity contribution in [2.75, 3.05) is 0 Å². The Morgan fingerprint density at radius 2 is 2.58 bits per heavy atom. The van der Waals surface area contributed by atoms with Crippen molar-refractivity contribution in [3.05, 3.63) is 18.2 Å².